The van der Waals surface area contributed by atoms with Crippen LogP contribution in [0, 0.1) is 0 Å². The fraction of sp³-hybridized carbons (Fsp3) is 0.917. The monoisotopic (exact) mass is 340 g/mol. The molecular weight excluding hydrogens is 320 g/mol. The third-order valence-corrected chi connectivity index (χ3v) is 3.91. The van der Waals surface area contributed by atoms with Crippen molar-refractivity contribution in [1.29, 1.82) is 0 Å². The van der Waals surface area contributed by atoms with Gasteiger partial charge in [-0.3, -0.25) is 0 Å². The van der Waals surface area contributed by atoms with Gasteiger partial charge in [0.15, 0.2) is 18.7 Å². The van der Waals surface area contributed by atoms with E-state index in [1.807, 2.05) is 0 Å². The Hall–Kier alpha value is -0.890. The lowest BCUT2D eigenvalue weighted by molar-refractivity contribution is -0.355. The van der Waals surface area contributed by atoms with Gasteiger partial charge in [-0.05, 0) is 6.92 Å². The van der Waals surface area contributed by atoms with Crippen molar-refractivity contribution in [2.45, 2.75) is 68.3 Å². The Morgan fingerprint density at radius 3 is 2.04 bits per heavy atom. The lowest BCUT2D eigenvalue weighted by atomic mass is 9.97. The maximum Gasteiger partial charge on any atom is 0.335 e. The summed E-state index contributed by atoms with van der Waals surface area (Å²) in [5.74, 6) is -1.60. The third kappa shape index (κ3) is 3.47. The van der Waals surface area contributed by atoms with Crippen LogP contribution in [0.25, 0.3) is 0 Å². The summed E-state index contributed by atoms with van der Waals surface area (Å²) in [7, 11) is 0. The molecule has 11 heteroatoms. The molecular formula is C12H20O11. The fourth-order valence-corrected chi connectivity index (χ4v) is 2.49. The van der Waals surface area contributed by atoms with E-state index < -0.39 is 67.4 Å². The maximum absolute atomic E-state index is 11.0. The minimum atomic E-state index is -1.90. The van der Waals surface area contributed by atoms with Crippen LogP contribution in [0.5, 0.6) is 0 Å². The Bertz CT molecular complexity index is 431. The minimum Gasteiger partial charge on any atom is -0.479 e. The molecule has 0 aromatic carbocycles. The largest absolute Gasteiger partial charge is 0.479 e. The van der Waals surface area contributed by atoms with Crippen LogP contribution in [0.4, 0.5) is 0 Å². The number of aliphatic carboxylic acids is 1. The quantitative estimate of drug-likeness (QED) is 0.263. The van der Waals surface area contributed by atoms with E-state index >= 15 is 0 Å². The van der Waals surface area contributed by atoms with Crippen molar-refractivity contribution in [2.24, 2.45) is 0 Å². The molecule has 2 rings (SSSR count). The molecule has 7 N–H and O–H groups in total. The summed E-state index contributed by atoms with van der Waals surface area (Å²) >= 11 is 0. The van der Waals surface area contributed by atoms with Gasteiger partial charge in [0.25, 0.3) is 0 Å². The Kier molecular flexibility index (Phi) is 5.56. The van der Waals surface area contributed by atoms with Crippen molar-refractivity contribution >= 4 is 5.97 Å². The van der Waals surface area contributed by atoms with Gasteiger partial charge in [0.1, 0.15) is 36.6 Å². The maximum atomic E-state index is 11.0. The molecule has 0 aromatic heterocycles. The number of aliphatic hydroxyl groups excluding tert-OH is 6. The van der Waals surface area contributed by atoms with Crippen LogP contribution in [0.3, 0.4) is 0 Å². The van der Waals surface area contributed by atoms with Gasteiger partial charge < -0.3 is 50.0 Å². The van der Waals surface area contributed by atoms with Crippen LogP contribution in [0.15, 0.2) is 0 Å². The lowest BCUT2D eigenvalue weighted by Gasteiger charge is -2.44. The summed E-state index contributed by atoms with van der Waals surface area (Å²) in [6.07, 6.45) is -16.5. The fourth-order valence-electron chi connectivity index (χ4n) is 2.49. The van der Waals surface area contributed by atoms with E-state index in [0.717, 1.165) is 0 Å². The predicted molar refractivity (Wildman–Crippen MR) is 67.8 cm³/mol. The summed E-state index contributed by atoms with van der Waals surface area (Å²) in [5, 5.41) is 67.3. The highest BCUT2D eigenvalue weighted by Gasteiger charge is 2.51. The van der Waals surface area contributed by atoms with Gasteiger partial charge in [0.05, 0.1) is 6.10 Å². The molecule has 2 aliphatic rings. The van der Waals surface area contributed by atoms with E-state index in [-0.39, 0.29) is 0 Å². The molecule has 23 heavy (non-hydrogen) atoms. The molecule has 134 valence electrons. The van der Waals surface area contributed by atoms with Gasteiger partial charge in [-0.2, -0.15) is 0 Å². The topological polar surface area (TPSA) is 186 Å². The van der Waals surface area contributed by atoms with Crippen LogP contribution >= 0.6 is 0 Å². The first kappa shape index (κ1) is 18.4. The van der Waals surface area contributed by atoms with Gasteiger partial charge in [-0.25, -0.2) is 4.79 Å². The Morgan fingerprint density at radius 1 is 0.870 bits per heavy atom. The van der Waals surface area contributed by atoms with Crippen LogP contribution < -0.4 is 0 Å². The number of carbonyl (C=O) groups is 1. The van der Waals surface area contributed by atoms with Gasteiger partial charge in [0.2, 0.25) is 0 Å². The van der Waals surface area contributed by atoms with E-state index in [1.54, 1.807) is 0 Å². The zero-order valence-electron chi connectivity index (χ0n) is 12.0. The normalized spacial score (nSPS) is 51.4. The second-order valence-corrected chi connectivity index (χ2v) is 5.55. The average Bonchev–Trinajstić information content (AvgIpc) is 2.48. The highest BCUT2D eigenvalue weighted by Crippen LogP contribution is 2.28. The van der Waals surface area contributed by atoms with Crippen LogP contribution in [0.1, 0.15) is 6.92 Å². The molecule has 0 amide bonds. The van der Waals surface area contributed by atoms with Crippen molar-refractivity contribution in [3.05, 3.63) is 0 Å². The van der Waals surface area contributed by atoms with Crippen LogP contribution in [-0.4, -0.2) is 103 Å². The molecule has 2 heterocycles. The van der Waals surface area contributed by atoms with Gasteiger partial charge in [-0.15, -0.1) is 0 Å². The van der Waals surface area contributed by atoms with Crippen molar-refractivity contribution < 1.29 is 54.8 Å². The zero-order valence-corrected chi connectivity index (χ0v) is 12.0. The van der Waals surface area contributed by atoms with E-state index in [2.05, 4.69) is 0 Å². The number of hydrogen-bond acceptors (Lipinski definition) is 10. The Balaban J connectivity index is 2.12. The predicted octanol–water partition coefficient (Wildman–Crippen LogP) is -4.28. The third-order valence-electron chi connectivity index (χ3n) is 3.91. The smallest absolute Gasteiger partial charge is 0.335 e. The first-order chi connectivity index (χ1) is 10.6. The number of carboxylic acids is 1. The lowest BCUT2D eigenvalue weighted by Crippen LogP contribution is -2.64. The first-order valence-corrected chi connectivity index (χ1v) is 6.92. The second-order valence-electron chi connectivity index (χ2n) is 5.55. The molecule has 0 spiro atoms. The van der Waals surface area contributed by atoms with Crippen molar-refractivity contribution in [2.75, 3.05) is 0 Å². The Morgan fingerprint density at radius 2 is 1.48 bits per heavy atom. The minimum absolute atomic E-state index is 0.892. The molecule has 2 saturated heterocycles. The van der Waals surface area contributed by atoms with E-state index in [1.165, 1.54) is 6.92 Å². The molecule has 0 unspecified atom stereocenters. The van der Waals surface area contributed by atoms with E-state index in [4.69, 9.17) is 19.3 Å². The standard InChI is InChI=1S/C12H20O11/c1-2-3(13)5(15)9(11(20)21-2)23-12-7(17)4(14)6(16)8(22-12)10(18)19/h2-9,11-17,20H,1H3,(H,18,19)/t2-,3-,4-,5+,6-,7+,8-,9-,11-,12-/m0/s1. The second kappa shape index (κ2) is 6.93. The molecule has 11 nitrogen and oxygen atoms in total. The van der Waals surface area contributed by atoms with E-state index in [9.17, 15) is 35.4 Å². The molecule has 2 aliphatic heterocycles. The van der Waals surface area contributed by atoms with Gasteiger partial charge >= 0.3 is 5.97 Å². The molecule has 0 saturated carbocycles. The average molecular weight is 340 g/mol. The SMILES string of the molecule is C[C@@H]1O[C@H](O)[C@@H](O[C@@H]2O[C@H](C(=O)O)[C@@H](O)[C@H](O)[C@H]2O)[C@H](O)[C@H]1O. The number of hydrogen-bond donors (Lipinski definition) is 7. The van der Waals surface area contributed by atoms with Crippen molar-refractivity contribution in [3.63, 3.8) is 0 Å². The summed E-state index contributed by atoms with van der Waals surface area (Å²) in [6.45, 7) is 1.40. The summed E-state index contributed by atoms with van der Waals surface area (Å²) in [5.41, 5.74) is 0. The molecule has 0 bridgehead atoms. The van der Waals surface area contributed by atoms with Crippen LogP contribution in [0.2, 0.25) is 0 Å². The van der Waals surface area contributed by atoms with Gasteiger partial charge in [0, 0.05) is 0 Å². The highest BCUT2D eigenvalue weighted by molar-refractivity contribution is 5.73. The molecule has 10 atom stereocenters. The van der Waals surface area contributed by atoms with Crippen molar-refractivity contribution in [3.8, 4) is 0 Å². The number of carboxylic acid groups (broad SMARTS) is 1. The molecule has 0 aromatic rings. The molecule has 0 aliphatic carbocycles. The molecule has 0 radical (unpaired) electrons. The zero-order chi connectivity index (χ0) is 17.5. The summed E-state index contributed by atoms with van der Waals surface area (Å²) < 4.78 is 14.9. The van der Waals surface area contributed by atoms with Crippen molar-refractivity contribution in [1.82, 2.24) is 0 Å². The number of rotatable bonds is 3. The van der Waals surface area contributed by atoms with Gasteiger partial charge in [-0.1, -0.05) is 0 Å². The number of aliphatic hydroxyl groups is 6. The summed E-state index contributed by atoms with van der Waals surface area (Å²) in [6, 6.07) is 0. The first-order valence-electron chi connectivity index (χ1n) is 6.92. The Labute approximate surface area is 130 Å². The summed E-state index contributed by atoms with van der Waals surface area (Å²) in [4.78, 5) is 11.0. The highest BCUT2D eigenvalue weighted by atomic mass is 16.7. The number of ether oxygens (including phenoxy) is 3. The molecule has 2 fully saturated rings. The van der Waals surface area contributed by atoms with E-state index in [0.29, 0.717) is 0 Å². The van der Waals surface area contributed by atoms with Crippen LogP contribution in [-0.2, 0) is 19.0 Å².